The van der Waals surface area contributed by atoms with Gasteiger partial charge in [0.25, 0.3) is 0 Å². The van der Waals surface area contributed by atoms with Gasteiger partial charge in [0.05, 0.1) is 5.56 Å². The molecule has 0 saturated heterocycles. The van der Waals surface area contributed by atoms with E-state index in [-0.39, 0.29) is 6.10 Å². The Morgan fingerprint density at radius 3 is 2.95 bits per heavy atom. The van der Waals surface area contributed by atoms with Crippen LogP contribution in [0.3, 0.4) is 0 Å². The van der Waals surface area contributed by atoms with Gasteiger partial charge in [-0.1, -0.05) is 16.8 Å². The summed E-state index contributed by atoms with van der Waals surface area (Å²) in [5.41, 5.74) is 6.61. The molecule has 2 N–H and O–H groups in total. The lowest BCUT2D eigenvalue weighted by molar-refractivity contribution is 0.186. The standard InChI is InChI=1S/C13H12ClN3O2/c14-10-2-1-9(8-16)13(7-10)19-12(3-5-15)11-4-6-18-17-11/h1-2,4,6-7,12H,3,5,15H2/t12-/m1/s1. The van der Waals surface area contributed by atoms with Crippen molar-refractivity contribution in [2.75, 3.05) is 6.54 Å². The highest BCUT2D eigenvalue weighted by atomic mass is 35.5. The molecule has 0 fully saturated rings. The minimum absolute atomic E-state index is 0.366. The predicted molar refractivity (Wildman–Crippen MR) is 69.7 cm³/mol. The summed E-state index contributed by atoms with van der Waals surface area (Å²) in [6.07, 6.45) is 1.66. The third kappa shape index (κ3) is 3.25. The maximum absolute atomic E-state index is 9.05. The van der Waals surface area contributed by atoms with Gasteiger partial charge in [0.1, 0.15) is 29.9 Å². The van der Waals surface area contributed by atoms with Crippen LogP contribution in [0.4, 0.5) is 0 Å². The van der Waals surface area contributed by atoms with Gasteiger partial charge in [0.15, 0.2) is 0 Å². The second-order valence-electron chi connectivity index (χ2n) is 3.86. The Bertz CT molecular complexity index is 578. The van der Waals surface area contributed by atoms with Crippen molar-refractivity contribution < 1.29 is 9.26 Å². The molecular formula is C13H12ClN3O2. The van der Waals surface area contributed by atoms with Crippen LogP contribution in [-0.2, 0) is 0 Å². The molecule has 0 aliphatic rings. The van der Waals surface area contributed by atoms with Crippen molar-refractivity contribution in [3.05, 3.63) is 46.8 Å². The average Bonchev–Trinajstić information content (AvgIpc) is 2.92. The highest BCUT2D eigenvalue weighted by molar-refractivity contribution is 6.30. The van der Waals surface area contributed by atoms with E-state index in [2.05, 4.69) is 11.2 Å². The number of aromatic nitrogens is 1. The molecule has 2 rings (SSSR count). The molecule has 0 spiro atoms. The Balaban J connectivity index is 2.27. The van der Waals surface area contributed by atoms with Crippen LogP contribution >= 0.6 is 11.6 Å². The lowest BCUT2D eigenvalue weighted by Crippen LogP contribution is -2.14. The van der Waals surface area contributed by atoms with Gasteiger partial charge in [0.2, 0.25) is 0 Å². The average molecular weight is 278 g/mol. The van der Waals surface area contributed by atoms with Gasteiger partial charge in [-0.2, -0.15) is 5.26 Å². The van der Waals surface area contributed by atoms with E-state index in [1.54, 1.807) is 24.3 Å². The summed E-state index contributed by atoms with van der Waals surface area (Å²) in [5.74, 6) is 0.413. The molecule has 0 amide bonds. The number of rotatable bonds is 5. The van der Waals surface area contributed by atoms with Crippen LogP contribution in [0.2, 0.25) is 5.02 Å². The molecule has 0 radical (unpaired) electrons. The molecule has 19 heavy (non-hydrogen) atoms. The number of nitrogens with two attached hydrogens (primary N) is 1. The minimum atomic E-state index is -0.366. The summed E-state index contributed by atoms with van der Waals surface area (Å²) in [6.45, 7) is 0.431. The van der Waals surface area contributed by atoms with Crippen LogP contribution in [-0.4, -0.2) is 11.7 Å². The number of nitrogens with zero attached hydrogens (tertiary/aromatic N) is 2. The van der Waals surface area contributed by atoms with Crippen LogP contribution < -0.4 is 10.5 Å². The lowest BCUT2D eigenvalue weighted by Gasteiger charge is -2.17. The Labute approximate surface area is 115 Å². The quantitative estimate of drug-likeness (QED) is 0.908. The molecule has 5 nitrogen and oxygen atoms in total. The van der Waals surface area contributed by atoms with Crippen LogP contribution in [0.5, 0.6) is 5.75 Å². The number of benzene rings is 1. The van der Waals surface area contributed by atoms with Crippen LogP contribution in [0, 0.1) is 11.3 Å². The molecule has 2 aromatic rings. The van der Waals surface area contributed by atoms with E-state index in [0.29, 0.717) is 35.0 Å². The second-order valence-corrected chi connectivity index (χ2v) is 4.30. The largest absolute Gasteiger partial charge is 0.482 e. The zero-order valence-electron chi connectivity index (χ0n) is 10.0. The van der Waals surface area contributed by atoms with Crippen molar-refractivity contribution in [3.63, 3.8) is 0 Å². The normalized spacial score (nSPS) is 11.8. The van der Waals surface area contributed by atoms with Crippen molar-refractivity contribution in [1.82, 2.24) is 5.16 Å². The van der Waals surface area contributed by atoms with E-state index in [4.69, 9.17) is 31.9 Å². The van der Waals surface area contributed by atoms with Crippen LogP contribution in [0.1, 0.15) is 23.8 Å². The maximum Gasteiger partial charge on any atom is 0.145 e. The molecule has 1 aromatic carbocycles. The van der Waals surface area contributed by atoms with Crippen molar-refractivity contribution in [2.24, 2.45) is 5.73 Å². The summed E-state index contributed by atoms with van der Waals surface area (Å²) < 4.78 is 10.6. The van der Waals surface area contributed by atoms with Crippen molar-refractivity contribution >= 4 is 11.6 Å². The van der Waals surface area contributed by atoms with Crippen molar-refractivity contribution in [3.8, 4) is 11.8 Å². The van der Waals surface area contributed by atoms with Crippen molar-refractivity contribution in [1.29, 1.82) is 5.26 Å². The van der Waals surface area contributed by atoms with Crippen LogP contribution in [0.25, 0.3) is 0 Å². The smallest absolute Gasteiger partial charge is 0.145 e. The fourth-order valence-corrected chi connectivity index (χ4v) is 1.81. The van der Waals surface area contributed by atoms with Gasteiger partial charge in [-0.25, -0.2) is 0 Å². The molecular weight excluding hydrogens is 266 g/mol. The Morgan fingerprint density at radius 2 is 2.32 bits per heavy atom. The number of halogens is 1. The van der Waals surface area contributed by atoms with Gasteiger partial charge in [0, 0.05) is 23.6 Å². The van der Waals surface area contributed by atoms with E-state index in [0.717, 1.165) is 0 Å². The Kier molecular flexibility index (Phi) is 4.39. The molecule has 1 atom stereocenters. The van der Waals surface area contributed by atoms with Crippen molar-refractivity contribution in [2.45, 2.75) is 12.5 Å². The zero-order valence-corrected chi connectivity index (χ0v) is 10.8. The first-order chi connectivity index (χ1) is 9.24. The molecule has 1 aromatic heterocycles. The first-order valence-corrected chi connectivity index (χ1v) is 6.09. The molecule has 98 valence electrons. The number of hydrogen-bond donors (Lipinski definition) is 1. The highest BCUT2D eigenvalue weighted by Gasteiger charge is 2.17. The SMILES string of the molecule is N#Cc1ccc(Cl)cc1O[C@H](CCN)c1ccon1. The summed E-state index contributed by atoms with van der Waals surface area (Å²) in [7, 11) is 0. The first-order valence-electron chi connectivity index (χ1n) is 5.71. The monoisotopic (exact) mass is 277 g/mol. The molecule has 0 saturated carbocycles. The highest BCUT2D eigenvalue weighted by Crippen LogP contribution is 2.28. The lowest BCUT2D eigenvalue weighted by atomic mass is 10.1. The molecule has 6 heteroatoms. The molecule has 0 bridgehead atoms. The Hall–Kier alpha value is -2.03. The summed E-state index contributed by atoms with van der Waals surface area (Å²) in [5, 5.41) is 13.4. The van der Waals surface area contributed by atoms with E-state index in [1.807, 2.05) is 0 Å². The van der Waals surface area contributed by atoms with E-state index in [1.165, 1.54) is 6.26 Å². The van der Waals surface area contributed by atoms with Gasteiger partial charge >= 0.3 is 0 Å². The number of nitriles is 1. The Morgan fingerprint density at radius 1 is 1.47 bits per heavy atom. The zero-order chi connectivity index (χ0) is 13.7. The van der Waals surface area contributed by atoms with E-state index < -0.39 is 0 Å². The fraction of sp³-hybridized carbons (Fsp3) is 0.231. The first kappa shape index (κ1) is 13.4. The minimum Gasteiger partial charge on any atom is -0.482 e. The third-order valence-corrected chi connectivity index (χ3v) is 2.78. The predicted octanol–water partition coefficient (Wildman–Crippen LogP) is 2.67. The van der Waals surface area contributed by atoms with Crippen LogP contribution in [0.15, 0.2) is 35.1 Å². The van der Waals surface area contributed by atoms with Gasteiger partial charge in [-0.15, -0.1) is 0 Å². The van der Waals surface area contributed by atoms with E-state index in [9.17, 15) is 0 Å². The third-order valence-electron chi connectivity index (χ3n) is 2.55. The molecule has 0 aliphatic heterocycles. The molecule has 0 unspecified atom stereocenters. The van der Waals surface area contributed by atoms with Gasteiger partial charge < -0.3 is 15.0 Å². The van der Waals surface area contributed by atoms with Gasteiger partial charge in [-0.05, 0) is 18.7 Å². The summed E-state index contributed by atoms with van der Waals surface area (Å²) in [6, 6.07) is 8.61. The fourth-order valence-electron chi connectivity index (χ4n) is 1.65. The summed E-state index contributed by atoms with van der Waals surface area (Å²) >= 11 is 5.91. The molecule has 0 aliphatic carbocycles. The number of ether oxygens (including phenoxy) is 1. The van der Waals surface area contributed by atoms with E-state index >= 15 is 0 Å². The number of hydrogen-bond acceptors (Lipinski definition) is 5. The second kappa shape index (κ2) is 6.23. The summed E-state index contributed by atoms with van der Waals surface area (Å²) in [4.78, 5) is 0. The topological polar surface area (TPSA) is 85.1 Å². The molecule has 1 heterocycles. The van der Waals surface area contributed by atoms with Gasteiger partial charge in [-0.3, -0.25) is 0 Å². The maximum atomic E-state index is 9.05.